The molecule has 0 saturated carbocycles. The highest BCUT2D eigenvalue weighted by molar-refractivity contribution is 9.10. The van der Waals surface area contributed by atoms with Gasteiger partial charge in [-0.1, -0.05) is 46.3 Å². The van der Waals surface area contributed by atoms with E-state index in [1.807, 2.05) is 230 Å². The highest BCUT2D eigenvalue weighted by Gasteiger charge is 2.19. The van der Waals surface area contributed by atoms with E-state index in [2.05, 4.69) is 66.7 Å². The number of anilines is 1. The molecule has 18 nitrogen and oxygen atoms in total. The van der Waals surface area contributed by atoms with Gasteiger partial charge < -0.3 is 29.8 Å². The third-order valence-electron chi connectivity index (χ3n) is 16.8. The number of halogens is 2. The number of alkyl halides is 1. The van der Waals surface area contributed by atoms with Crippen molar-refractivity contribution < 1.29 is 43.2 Å². The van der Waals surface area contributed by atoms with Crippen LogP contribution in [0.25, 0.3) is 22.5 Å². The SMILES string of the molecule is CC(=O)c1c(C)cc(O)cc1C.CC(=O)c1c(C)cc(Oc2ccc(C)cn2)cc1C.Cc1ccc(Br)nc1.Cc1ccc(Oc2cc(C)c(-c3csc(CC(=O)c4ccncc4)n3)c(C)c2)nc1.Cc1ccc(Oc2cc(C)c(-c3csc(N)n3)c(C)c2)nc1.Cc1ccc(Oc2cc(C)c(C(=O)CBr)c(C)c2)nc1. The van der Waals surface area contributed by atoms with Crippen LogP contribution in [0.4, 0.5) is 5.13 Å². The van der Waals surface area contributed by atoms with Crippen molar-refractivity contribution in [1.82, 2.24) is 39.9 Å². The van der Waals surface area contributed by atoms with E-state index in [0.29, 0.717) is 56.6 Å². The van der Waals surface area contributed by atoms with Crippen molar-refractivity contribution in [3.63, 3.8) is 0 Å². The number of Topliss-reactive ketones (excluding diaryl/α,β-unsaturated/α-hetero) is 4. The van der Waals surface area contributed by atoms with E-state index in [4.69, 9.17) is 29.7 Å². The Hall–Kier alpha value is -11.3. The van der Waals surface area contributed by atoms with E-state index in [9.17, 15) is 24.3 Å². The van der Waals surface area contributed by atoms with Crippen LogP contribution in [0.2, 0.25) is 0 Å². The van der Waals surface area contributed by atoms with Crippen LogP contribution in [0.1, 0.15) is 144 Å². The number of rotatable bonds is 17. The molecule has 0 fully saturated rings. The summed E-state index contributed by atoms with van der Waals surface area (Å²) in [7, 11) is 0. The van der Waals surface area contributed by atoms with Crippen LogP contribution < -0.4 is 24.7 Å². The lowest BCUT2D eigenvalue weighted by molar-refractivity contribution is 0.0988. The first-order chi connectivity index (χ1) is 52.8. The Morgan fingerprint density at radius 1 is 0.405 bits per heavy atom. The number of aromatic nitrogens is 8. The molecule has 13 aromatic rings. The second kappa shape index (κ2) is 40.4. The number of ether oxygens (including phenoxy) is 4. The summed E-state index contributed by atoms with van der Waals surface area (Å²) in [5.74, 6) is 5.66. The second-order valence-electron chi connectivity index (χ2n) is 26.6. The number of pyridine rings is 6. The van der Waals surface area contributed by atoms with Crippen molar-refractivity contribution in [2.45, 2.75) is 124 Å². The molecule has 13 rings (SSSR count). The van der Waals surface area contributed by atoms with Crippen LogP contribution >= 0.6 is 54.5 Å². The molecule has 570 valence electrons. The molecule has 0 amide bonds. The molecule has 8 aromatic heterocycles. The van der Waals surface area contributed by atoms with Gasteiger partial charge in [-0.25, -0.2) is 34.9 Å². The molecule has 3 N–H and O–H groups in total. The Bertz CT molecular complexity index is 5250. The van der Waals surface area contributed by atoms with Crippen molar-refractivity contribution in [3.8, 4) is 74.8 Å². The zero-order chi connectivity index (χ0) is 80.8. The van der Waals surface area contributed by atoms with E-state index in [-0.39, 0.29) is 35.3 Å². The average Bonchev–Trinajstić information content (AvgIpc) is 1.78. The molecule has 0 atom stereocenters. The van der Waals surface area contributed by atoms with Crippen LogP contribution in [-0.2, 0) is 6.42 Å². The van der Waals surface area contributed by atoms with Gasteiger partial charge in [0.25, 0.3) is 0 Å². The zero-order valence-corrected chi connectivity index (χ0v) is 70.1. The molecular formula is C89H89Br2N9O9S2. The lowest BCUT2D eigenvalue weighted by atomic mass is 9.99. The van der Waals surface area contributed by atoms with Gasteiger partial charge in [0.1, 0.15) is 38.4 Å². The topological polar surface area (TPSA) is 255 Å². The van der Waals surface area contributed by atoms with Gasteiger partial charge in [0.05, 0.1) is 23.1 Å². The van der Waals surface area contributed by atoms with Crippen molar-refractivity contribution >= 4 is 82.8 Å². The van der Waals surface area contributed by atoms with Gasteiger partial charge in [-0.2, -0.15) is 0 Å². The summed E-state index contributed by atoms with van der Waals surface area (Å²) in [5, 5.41) is 14.9. The van der Waals surface area contributed by atoms with E-state index in [1.165, 1.54) is 35.2 Å². The number of thiazole rings is 2. The number of nitrogens with zero attached hydrogens (tertiary/aromatic N) is 8. The van der Waals surface area contributed by atoms with E-state index >= 15 is 0 Å². The summed E-state index contributed by atoms with van der Waals surface area (Å²) >= 11 is 9.40. The summed E-state index contributed by atoms with van der Waals surface area (Å²) in [6, 6.07) is 41.3. The maximum Gasteiger partial charge on any atom is 0.219 e. The molecular weight excluding hydrogens is 1560 g/mol. The Morgan fingerprint density at radius 3 is 1.04 bits per heavy atom. The number of phenols is 1. The van der Waals surface area contributed by atoms with Gasteiger partial charge in [-0.05, 0) is 296 Å². The van der Waals surface area contributed by atoms with Gasteiger partial charge in [0, 0.05) is 112 Å². The number of nitrogen functional groups attached to an aromatic ring is 1. The summed E-state index contributed by atoms with van der Waals surface area (Å²) in [6.07, 6.45) is 12.5. The molecule has 0 aliphatic rings. The molecule has 0 spiro atoms. The Kier molecular flexibility index (Phi) is 31.1. The molecule has 0 bridgehead atoms. The predicted molar refractivity (Wildman–Crippen MR) is 451 cm³/mol. The van der Waals surface area contributed by atoms with E-state index in [1.54, 1.807) is 68.4 Å². The largest absolute Gasteiger partial charge is 0.508 e. The second-order valence-corrected chi connectivity index (χ2v) is 29.9. The number of phenolic OH excluding ortho intramolecular Hbond substituents is 1. The van der Waals surface area contributed by atoms with Crippen LogP contribution in [0.5, 0.6) is 52.3 Å². The predicted octanol–water partition coefficient (Wildman–Crippen LogP) is 23.0. The van der Waals surface area contributed by atoms with Gasteiger partial charge in [0.15, 0.2) is 28.3 Å². The van der Waals surface area contributed by atoms with Crippen molar-refractivity contribution in [2.75, 3.05) is 11.1 Å². The lowest BCUT2D eigenvalue weighted by Gasteiger charge is -2.12. The first kappa shape index (κ1) is 85.3. The molecule has 22 heteroatoms. The molecule has 8 heterocycles. The summed E-state index contributed by atoms with van der Waals surface area (Å²) in [4.78, 5) is 81.0. The third-order valence-corrected chi connectivity index (χ3v) is 19.3. The standard InChI is InChI=1S/C24H21N3O2S.C17H17N3OS.C16H16BrNO2.C16H17NO2.C10H12O2.C6H6BrN/c1-15-4-5-22(26-13-15)29-19-10-16(2)24(17(3)11-19)20-14-30-23(27-20)12-21(28)18-6-8-25-9-7-18;1-10-4-5-15(19-8-10)21-13-6-11(2)16(12(3)7-13)14-9-22-17(18)20-14;1-10-4-5-15(18-9-10)20-13-6-11(2)16(12(3)7-13)14(19)8-17;1-10-5-6-15(17-9-10)19-14-7-11(2)16(13(4)18)12(3)8-14;1-6-4-9(12)5-7(2)10(6)8(3)11;1-5-2-3-6(7)8-4-5/h4-11,13-14H,12H2,1-3H3;4-9H,1-3H3,(H2,18,20);4-7,9H,8H2,1-3H3;5-9H,1-4H3;4-5,12H,1-3H3;2-4H,1H3. The first-order valence-corrected chi connectivity index (χ1v) is 38.9. The lowest BCUT2D eigenvalue weighted by Crippen LogP contribution is -2.06. The number of ketones is 4. The fraction of sp³-hybridized carbons (Fsp3) is 0.213. The van der Waals surface area contributed by atoms with E-state index < -0.39 is 0 Å². The number of carbonyl (C=O) groups is 4. The number of carbonyl (C=O) groups excluding carboxylic acids is 4. The smallest absolute Gasteiger partial charge is 0.219 e. The van der Waals surface area contributed by atoms with Crippen LogP contribution in [-0.4, -0.2) is 73.4 Å². The number of aryl methyl sites for hydroxylation is 15. The third kappa shape index (κ3) is 25.4. The van der Waals surface area contributed by atoms with Crippen molar-refractivity contribution in [1.29, 1.82) is 0 Å². The maximum absolute atomic E-state index is 12.4. The fourth-order valence-electron chi connectivity index (χ4n) is 12.0. The molecule has 0 aliphatic heterocycles. The average molecular weight is 1650 g/mol. The van der Waals surface area contributed by atoms with Gasteiger partial charge in [-0.3, -0.25) is 24.2 Å². The Balaban J connectivity index is 0.000000174. The van der Waals surface area contributed by atoms with Gasteiger partial charge in [-0.15, -0.1) is 22.7 Å². The molecule has 0 saturated heterocycles. The normalized spacial score (nSPS) is 10.4. The quantitative estimate of drug-likeness (QED) is 0.0488. The first-order valence-electron chi connectivity index (χ1n) is 35.3. The van der Waals surface area contributed by atoms with Gasteiger partial charge in [0.2, 0.25) is 23.5 Å². The molecule has 5 aromatic carbocycles. The number of hydrogen-bond donors (Lipinski definition) is 2. The minimum Gasteiger partial charge on any atom is -0.508 e. The molecule has 111 heavy (non-hydrogen) atoms. The van der Waals surface area contributed by atoms with E-state index in [0.717, 1.165) is 133 Å². The fourth-order valence-corrected chi connectivity index (χ4v) is 13.8. The minimum absolute atomic E-state index is 0.0427. The zero-order valence-electron chi connectivity index (χ0n) is 65.3. The minimum atomic E-state index is 0.0427. The number of nitrogens with two attached hydrogens (primary N) is 1. The monoisotopic (exact) mass is 1650 g/mol. The van der Waals surface area contributed by atoms with Crippen molar-refractivity contribution in [2.24, 2.45) is 0 Å². The Morgan fingerprint density at radius 2 is 0.730 bits per heavy atom. The Labute approximate surface area is 674 Å². The number of aromatic hydroxyl groups is 1. The van der Waals surface area contributed by atoms with Crippen molar-refractivity contribution in [3.05, 3.63) is 303 Å². The summed E-state index contributed by atoms with van der Waals surface area (Å²) < 4.78 is 24.1. The summed E-state index contributed by atoms with van der Waals surface area (Å²) in [6.45, 7) is 32.6. The highest BCUT2D eigenvalue weighted by atomic mass is 79.9. The highest BCUT2D eigenvalue weighted by Crippen LogP contribution is 2.37. The molecule has 0 radical (unpaired) electrons. The maximum atomic E-state index is 12.4. The van der Waals surface area contributed by atoms with Crippen LogP contribution in [0.15, 0.2) is 192 Å². The number of benzene rings is 5. The summed E-state index contributed by atoms with van der Waals surface area (Å²) in [5.41, 5.74) is 27.8. The van der Waals surface area contributed by atoms with Crippen LogP contribution in [0.3, 0.4) is 0 Å². The molecule has 0 aliphatic carbocycles. The van der Waals surface area contributed by atoms with Crippen LogP contribution in [0, 0.1) is 104 Å². The number of hydrogen-bond acceptors (Lipinski definition) is 20. The molecule has 0 unspecified atom stereocenters. The van der Waals surface area contributed by atoms with Gasteiger partial charge >= 0.3 is 0 Å².